The fourth-order valence-electron chi connectivity index (χ4n) is 3.87. The average Bonchev–Trinajstić information content (AvgIpc) is 3.19. The van der Waals surface area contributed by atoms with Gasteiger partial charge in [0.05, 0.1) is 16.8 Å². The van der Waals surface area contributed by atoms with Gasteiger partial charge in [-0.3, -0.25) is 4.79 Å². The molecule has 1 aliphatic rings. The third-order valence-electron chi connectivity index (χ3n) is 6.44. The molecule has 1 aliphatic heterocycles. The highest BCUT2D eigenvalue weighted by molar-refractivity contribution is 6.61. The Morgan fingerprint density at radius 1 is 1.17 bits per heavy atom. The predicted octanol–water partition coefficient (Wildman–Crippen LogP) is 3.24. The van der Waals surface area contributed by atoms with Crippen LogP contribution in [-0.4, -0.2) is 56.3 Å². The van der Waals surface area contributed by atoms with Crippen molar-refractivity contribution in [1.29, 1.82) is 0 Å². The molecule has 0 radical (unpaired) electrons. The van der Waals surface area contributed by atoms with Gasteiger partial charge in [-0.2, -0.15) is 5.10 Å². The van der Waals surface area contributed by atoms with Crippen LogP contribution in [0.3, 0.4) is 0 Å². The Morgan fingerprint density at radius 2 is 1.80 bits per heavy atom. The molecule has 30 heavy (non-hydrogen) atoms. The van der Waals surface area contributed by atoms with Crippen LogP contribution in [0.2, 0.25) is 0 Å². The molecule has 2 aromatic heterocycles. The van der Waals surface area contributed by atoms with E-state index in [0.717, 1.165) is 25.0 Å². The van der Waals surface area contributed by atoms with E-state index in [2.05, 4.69) is 25.8 Å². The molecule has 3 heterocycles. The number of nitrogens with zero attached hydrogens (tertiary/aromatic N) is 4. The Balaban J connectivity index is 1.98. The van der Waals surface area contributed by atoms with Gasteiger partial charge < -0.3 is 14.2 Å². The molecule has 1 saturated heterocycles. The van der Waals surface area contributed by atoms with Crippen molar-refractivity contribution in [3.63, 3.8) is 0 Å². The van der Waals surface area contributed by atoms with E-state index < -0.39 is 18.3 Å². The summed E-state index contributed by atoms with van der Waals surface area (Å²) >= 11 is 0. The summed E-state index contributed by atoms with van der Waals surface area (Å²) in [6.45, 7) is 17.0. The van der Waals surface area contributed by atoms with Crippen LogP contribution >= 0.6 is 0 Å². The maximum atomic E-state index is 13.2. The first-order chi connectivity index (χ1) is 14.0. The van der Waals surface area contributed by atoms with Crippen molar-refractivity contribution in [2.75, 3.05) is 6.54 Å². The van der Waals surface area contributed by atoms with E-state index in [-0.39, 0.29) is 11.9 Å². The van der Waals surface area contributed by atoms with E-state index in [4.69, 9.17) is 14.4 Å². The van der Waals surface area contributed by atoms with Crippen molar-refractivity contribution in [3.8, 4) is 0 Å². The number of aryl methyl sites for hydroxylation is 1. The summed E-state index contributed by atoms with van der Waals surface area (Å²) in [4.78, 5) is 19.8. The largest absolute Gasteiger partial charge is 0.516 e. The van der Waals surface area contributed by atoms with Gasteiger partial charge in [0, 0.05) is 24.3 Å². The summed E-state index contributed by atoms with van der Waals surface area (Å²) in [5.41, 5.74) is 1.84. The number of carbonyl (C=O) groups excluding carboxylic acids is 1. The maximum Gasteiger partial charge on any atom is 0.516 e. The highest BCUT2D eigenvalue weighted by atomic mass is 16.7. The molecule has 2 aromatic rings. The van der Waals surface area contributed by atoms with Crippen LogP contribution in [0.1, 0.15) is 84.4 Å². The molecular weight excluding hydrogens is 379 g/mol. The second-order valence-corrected chi connectivity index (χ2v) is 9.14. The van der Waals surface area contributed by atoms with Crippen molar-refractivity contribution in [3.05, 3.63) is 23.5 Å². The molecule has 1 unspecified atom stereocenters. The van der Waals surface area contributed by atoms with Crippen molar-refractivity contribution in [2.45, 2.75) is 91.9 Å². The Bertz CT molecular complexity index is 908. The second kappa shape index (κ2) is 8.31. The van der Waals surface area contributed by atoms with Crippen molar-refractivity contribution >= 4 is 24.3 Å². The average molecular weight is 414 g/mol. The number of hydrogen-bond acceptors (Lipinski definition) is 5. The second-order valence-electron chi connectivity index (χ2n) is 9.14. The monoisotopic (exact) mass is 414 g/mol. The van der Waals surface area contributed by atoms with Gasteiger partial charge in [-0.25, -0.2) is 9.50 Å². The third kappa shape index (κ3) is 3.99. The van der Waals surface area contributed by atoms with Gasteiger partial charge in [0.2, 0.25) is 0 Å². The van der Waals surface area contributed by atoms with E-state index in [1.165, 1.54) is 0 Å². The van der Waals surface area contributed by atoms with E-state index in [1.807, 2.05) is 51.7 Å². The molecule has 0 spiro atoms. The molecule has 1 fully saturated rings. The lowest BCUT2D eigenvalue weighted by Crippen LogP contribution is -2.41. The van der Waals surface area contributed by atoms with E-state index >= 15 is 0 Å². The van der Waals surface area contributed by atoms with Crippen molar-refractivity contribution in [1.82, 2.24) is 19.5 Å². The summed E-state index contributed by atoms with van der Waals surface area (Å²) in [7, 11) is -0.558. The van der Waals surface area contributed by atoms with Crippen LogP contribution in [-0.2, 0) is 15.7 Å². The topological polar surface area (TPSA) is 69.0 Å². The van der Waals surface area contributed by atoms with Gasteiger partial charge in [-0.1, -0.05) is 20.3 Å². The van der Waals surface area contributed by atoms with Crippen molar-refractivity contribution < 1.29 is 14.1 Å². The first kappa shape index (κ1) is 22.8. The lowest BCUT2D eigenvalue weighted by molar-refractivity contribution is 0.00578. The fraction of sp³-hybridized carbons (Fsp3) is 0.682. The molecule has 1 amide bonds. The minimum absolute atomic E-state index is 0.0333. The predicted molar refractivity (Wildman–Crippen MR) is 119 cm³/mol. The van der Waals surface area contributed by atoms with Gasteiger partial charge in [0.1, 0.15) is 5.69 Å². The molecule has 0 bridgehead atoms. The number of carbonyl (C=O) groups is 1. The summed E-state index contributed by atoms with van der Waals surface area (Å²) in [6, 6.07) is 3.91. The molecule has 0 N–H and O–H groups in total. The molecule has 3 rings (SSSR count). The third-order valence-corrected chi connectivity index (χ3v) is 6.44. The molecule has 8 heteroatoms. The molecule has 164 valence electrons. The zero-order valence-electron chi connectivity index (χ0n) is 19.7. The fourth-order valence-corrected chi connectivity index (χ4v) is 3.87. The lowest BCUT2D eigenvalue weighted by atomic mass is 9.85. The standard InChI is InChI=1S/C22H35BN4O3/c1-9-12-15(4)26(11-3)20(28)17-13-16(10-2)27-19(24-17)14-18(25-27)23-29-21(5,6)22(7,8)30-23/h13-15H,9-12H2,1-8H3. The number of aromatic nitrogens is 3. The normalized spacial score (nSPS) is 18.7. The van der Waals surface area contributed by atoms with Gasteiger partial charge >= 0.3 is 7.12 Å². The first-order valence-corrected chi connectivity index (χ1v) is 11.1. The summed E-state index contributed by atoms with van der Waals surface area (Å²) in [5, 5.41) is 4.71. The lowest BCUT2D eigenvalue weighted by Gasteiger charge is -2.32. The van der Waals surface area contributed by atoms with E-state index in [0.29, 0.717) is 23.5 Å². The van der Waals surface area contributed by atoms with Gasteiger partial charge in [0.25, 0.3) is 5.91 Å². The van der Waals surface area contributed by atoms with Crippen LogP contribution in [0.4, 0.5) is 0 Å². The zero-order valence-corrected chi connectivity index (χ0v) is 19.7. The van der Waals surface area contributed by atoms with Gasteiger partial charge in [-0.05, 0) is 60.5 Å². The number of rotatable bonds is 7. The van der Waals surface area contributed by atoms with Gasteiger partial charge in [0.15, 0.2) is 5.65 Å². The quantitative estimate of drug-likeness (QED) is 0.651. The van der Waals surface area contributed by atoms with E-state index in [1.54, 1.807) is 4.52 Å². The maximum absolute atomic E-state index is 13.2. The minimum Gasteiger partial charge on any atom is -0.398 e. The van der Waals surface area contributed by atoms with Crippen LogP contribution in [0, 0.1) is 0 Å². The molecule has 0 saturated carbocycles. The summed E-state index contributed by atoms with van der Waals surface area (Å²) < 4.78 is 14.1. The Kier molecular flexibility index (Phi) is 6.30. The molecular formula is C22H35BN4O3. The molecule has 7 nitrogen and oxygen atoms in total. The highest BCUT2D eigenvalue weighted by Gasteiger charge is 2.52. The Hall–Kier alpha value is -1.93. The van der Waals surface area contributed by atoms with Crippen LogP contribution < -0.4 is 5.59 Å². The summed E-state index contributed by atoms with van der Waals surface area (Å²) in [5.74, 6) is -0.0333. The van der Waals surface area contributed by atoms with Crippen LogP contribution in [0.5, 0.6) is 0 Å². The van der Waals surface area contributed by atoms with Crippen LogP contribution in [0.25, 0.3) is 5.65 Å². The minimum atomic E-state index is -0.558. The number of fused-ring (bicyclic) bond motifs is 1. The SMILES string of the molecule is CCCC(C)N(CC)C(=O)c1cc(CC)n2nc(B3OC(C)(C)C(C)(C)O3)cc2n1. The Morgan fingerprint density at radius 3 is 2.33 bits per heavy atom. The molecule has 0 aliphatic carbocycles. The molecule has 1 atom stereocenters. The van der Waals surface area contributed by atoms with E-state index in [9.17, 15) is 4.79 Å². The first-order valence-electron chi connectivity index (χ1n) is 11.1. The van der Waals surface area contributed by atoms with Gasteiger partial charge in [-0.15, -0.1) is 0 Å². The smallest absolute Gasteiger partial charge is 0.398 e. The summed E-state index contributed by atoms with van der Waals surface area (Å²) in [6.07, 6.45) is 2.75. The molecule has 0 aromatic carbocycles. The highest BCUT2D eigenvalue weighted by Crippen LogP contribution is 2.36. The van der Waals surface area contributed by atoms with Crippen molar-refractivity contribution in [2.24, 2.45) is 0 Å². The Labute approximate surface area is 180 Å². The van der Waals surface area contributed by atoms with Crippen LogP contribution in [0.15, 0.2) is 12.1 Å². The zero-order chi connectivity index (χ0) is 22.3. The number of amides is 1. The number of hydrogen-bond donors (Lipinski definition) is 0.